The summed E-state index contributed by atoms with van der Waals surface area (Å²) in [6.07, 6.45) is 0. The first-order valence-electron chi connectivity index (χ1n) is 7.01. The van der Waals surface area contributed by atoms with Gasteiger partial charge in [-0.1, -0.05) is 0 Å². The van der Waals surface area contributed by atoms with Crippen molar-refractivity contribution in [3.63, 3.8) is 0 Å². The van der Waals surface area contributed by atoms with Crippen molar-refractivity contribution in [3.05, 3.63) is 48.0 Å². The van der Waals surface area contributed by atoms with E-state index in [-0.39, 0.29) is 11.3 Å². The van der Waals surface area contributed by atoms with Gasteiger partial charge in [0.15, 0.2) is 6.61 Å². The second kappa shape index (κ2) is 7.87. The summed E-state index contributed by atoms with van der Waals surface area (Å²) in [4.78, 5) is 23.7. The molecule has 2 aromatic carbocycles. The van der Waals surface area contributed by atoms with E-state index in [1.165, 1.54) is 38.5 Å². The summed E-state index contributed by atoms with van der Waals surface area (Å²) in [5.41, 5.74) is 0.673. The van der Waals surface area contributed by atoms with Crippen LogP contribution in [0.25, 0.3) is 0 Å². The molecule has 24 heavy (non-hydrogen) atoms. The minimum absolute atomic E-state index is 0.0379. The number of benzene rings is 2. The van der Waals surface area contributed by atoms with Gasteiger partial charge in [-0.3, -0.25) is 4.79 Å². The number of methoxy groups -OCH3 is 2. The van der Waals surface area contributed by atoms with Crippen LogP contribution in [-0.2, 0) is 9.53 Å². The number of hydrogen-bond donors (Lipinski definition) is 2. The van der Waals surface area contributed by atoms with Crippen LogP contribution in [-0.4, -0.2) is 37.8 Å². The molecule has 7 nitrogen and oxygen atoms in total. The lowest BCUT2D eigenvalue weighted by Crippen LogP contribution is -2.21. The number of amides is 1. The van der Waals surface area contributed by atoms with Crippen LogP contribution < -0.4 is 14.8 Å². The summed E-state index contributed by atoms with van der Waals surface area (Å²) >= 11 is 0. The normalized spacial score (nSPS) is 9.92. The Morgan fingerprint density at radius 3 is 2.38 bits per heavy atom. The second-order valence-electron chi connectivity index (χ2n) is 4.74. The summed E-state index contributed by atoms with van der Waals surface area (Å²) in [5.74, 6) is -0.121. The Morgan fingerprint density at radius 1 is 1.04 bits per heavy atom. The summed E-state index contributed by atoms with van der Waals surface area (Å²) in [7, 11) is 2.99. The molecule has 0 bridgehead atoms. The van der Waals surface area contributed by atoms with Gasteiger partial charge in [0.05, 0.1) is 25.5 Å². The highest BCUT2D eigenvalue weighted by molar-refractivity contribution is 5.96. The van der Waals surface area contributed by atoms with E-state index in [0.29, 0.717) is 17.2 Å². The zero-order valence-electron chi connectivity index (χ0n) is 13.2. The van der Waals surface area contributed by atoms with Crippen molar-refractivity contribution in [2.75, 3.05) is 26.1 Å². The Bertz CT molecular complexity index is 726. The molecule has 1 amide bonds. The van der Waals surface area contributed by atoms with Gasteiger partial charge in [0.2, 0.25) is 0 Å². The van der Waals surface area contributed by atoms with Crippen LogP contribution in [0.3, 0.4) is 0 Å². The van der Waals surface area contributed by atoms with Crippen molar-refractivity contribution in [3.8, 4) is 17.2 Å². The molecule has 0 spiro atoms. The highest BCUT2D eigenvalue weighted by Crippen LogP contribution is 2.28. The van der Waals surface area contributed by atoms with E-state index in [4.69, 9.17) is 14.2 Å². The molecule has 0 unspecified atom stereocenters. The Hall–Kier alpha value is -3.22. The molecule has 0 saturated heterocycles. The van der Waals surface area contributed by atoms with E-state index < -0.39 is 18.5 Å². The standard InChI is InChI=1S/C17H17NO6/c1-22-13-7-8-14(15(9-13)23-2)18-16(20)10-24-17(21)11-3-5-12(19)6-4-11/h3-9,19H,10H2,1-2H3,(H,18,20). The van der Waals surface area contributed by atoms with Crippen LogP contribution in [0.2, 0.25) is 0 Å². The third kappa shape index (κ3) is 4.39. The number of esters is 1. The molecule has 0 aliphatic heterocycles. The third-order valence-electron chi connectivity index (χ3n) is 3.12. The van der Waals surface area contributed by atoms with Crippen molar-refractivity contribution in [1.82, 2.24) is 0 Å². The molecular formula is C17H17NO6. The van der Waals surface area contributed by atoms with Crippen LogP contribution in [0.15, 0.2) is 42.5 Å². The van der Waals surface area contributed by atoms with E-state index in [1.807, 2.05) is 0 Å². The van der Waals surface area contributed by atoms with Gasteiger partial charge >= 0.3 is 5.97 Å². The minimum atomic E-state index is -0.660. The van der Waals surface area contributed by atoms with Gasteiger partial charge in [0.1, 0.15) is 17.2 Å². The number of carbonyl (C=O) groups excluding carboxylic acids is 2. The number of nitrogens with one attached hydrogen (secondary N) is 1. The van der Waals surface area contributed by atoms with Crippen LogP contribution in [0.5, 0.6) is 17.2 Å². The zero-order chi connectivity index (χ0) is 17.5. The quantitative estimate of drug-likeness (QED) is 0.788. The number of aromatic hydroxyl groups is 1. The number of rotatable bonds is 6. The molecule has 126 valence electrons. The lowest BCUT2D eigenvalue weighted by atomic mass is 10.2. The van der Waals surface area contributed by atoms with Crippen molar-refractivity contribution < 1.29 is 28.9 Å². The van der Waals surface area contributed by atoms with E-state index in [1.54, 1.807) is 18.2 Å². The van der Waals surface area contributed by atoms with E-state index in [0.717, 1.165) is 0 Å². The molecular weight excluding hydrogens is 314 g/mol. The summed E-state index contributed by atoms with van der Waals surface area (Å²) in [6, 6.07) is 10.4. The van der Waals surface area contributed by atoms with Crippen molar-refractivity contribution in [2.45, 2.75) is 0 Å². The maximum atomic E-state index is 11.9. The predicted molar refractivity (Wildman–Crippen MR) is 86.6 cm³/mol. The second-order valence-corrected chi connectivity index (χ2v) is 4.74. The molecule has 2 N–H and O–H groups in total. The van der Waals surface area contributed by atoms with Gasteiger partial charge in [-0.25, -0.2) is 4.79 Å². The molecule has 0 aromatic heterocycles. The molecule has 0 atom stereocenters. The monoisotopic (exact) mass is 331 g/mol. The number of phenols is 1. The van der Waals surface area contributed by atoms with Crippen LogP contribution in [0.1, 0.15) is 10.4 Å². The number of phenolic OH excluding ortho intramolecular Hbond substituents is 1. The fourth-order valence-electron chi connectivity index (χ4n) is 1.90. The molecule has 0 saturated carbocycles. The lowest BCUT2D eigenvalue weighted by Gasteiger charge is -2.11. The lowest BCUT2D eigenvalue weighted by molar-refractivity contribution is -0.119. The van der Waals surface area contributed by atoms with E-state index in [2.05, 4.69) is 5.32 Å². The van der Waals surface area contributed by atoms with Gasteiger partial charge in [-0.05, 0) is 36.4 Å². The fourth-order valence-corrected chi connectivity index (χ4v) is 1.90. The zero-order valence-corrected chi connectivity index (χ0v) is 13.2. The first-order valence-corrected chi connectivity index (χ1v) is 7.01. The molecule has 2 aromatic rings. The van der Waals surface area contributed by atoms with Crippen molar-refractivity contribution in [2.24, 2.45) is 0 Å². The van der Waals surface area contributed by atoms with Crippen molar-refractivity contribution >= 4 is 17.6 Å². The van der Waals surface area contributed by atoms with Gasteiger partial charge in [0, 0.05) is 6.07 Å². The van der Waals surface area contributed by atoms with Gasteiger partial charge in [-0.15, -0.1) is 0 Å². The predicted octanol–water partition coefficient (Wildman–Crippen LogP) is 2.20. The SMILES string of the molecule is COc1ccc(NC(=O)COC(=O)c2ccc(O)cc2)c(OC)c1. The number of hydrogen-bond acceptors (Lipinski definition) is 6. The first-order chi connectivity index (χ1) is 11.5. The van der Waals surface area contributed by atoms with Crippen LogP contribution >= 0.6 is 0 Å². The number of ether oxygens (including phenoxy) is 3. The molecule has 0 fully saturated rings. The highest BCUT2D eigenvalue weighted by atomic mass is 16.5. The Kier molecular flexibility index (Phi) is 5.62. The summed E-state index contributed by atoms with van der Waals surface area (Å²) in [5, 5.41) is 11.8. The molecule has 0 heterocycles. The minimum Gasteiger partial charge on any atom is -0.508 e. The molecule has 0 aliphatic rings. The van der Waals surface area contributed by atoms with Crippen LogP contribution in [0, 0.1) is 0 Å². The molecule has 2 rings (SSSR count). The van der Waals surface area contributed by atoms with Gasteiger partial charge in [0.25, 0.3) is 5.91 Å². The van der Waals surface area contributed by atoms with E-state index in [9.17, 15) is 14.7 Å². The highest BCUT2D eigenvalue weighted by Gasteiger charge is 2.12. The average Bonchev–Trinajstić information content (AvgIpc) is 2.60. The number of carbonyl (C=O) groups is 2. The molecule has 0 aliphatic carbocycles. The summed E-state index contributed by atoms with van der Waals surface area (Å²) in [6.45, 7) is -0.450. The maximum absolute atomic E-state index is 11.9. The molecule has 0 radical (unpaired) electrons. The third-order valence-corrected chi connectivity index (χ3v) is 3.12. The van der Waals surface area contributed by atoms with Crippen LogP contribution in [0.4, 0.5) is 5.69 Å². The molecule has 7 heteroatoms. The van der Waals surface area contributed by atoms with Crippen molar-refractivity contribution in [1.29, 1.82) is 0 Å². The van der Waals surface area contributed by atoms with E-state index >= 15 is 0 Å². The number of anilines is 1. The Morgan fingerprint density at radius 2 is 1.75 bits per heavy atom. The average molecular weight is 331 g/mol. The maximum Gasteiger partial charge on any atom is 0.338 e. The van der Waals surface area contributed by atoms with Gasteiger partial charge in [-0.2, -0.15) is 0 Å². The first kappa shape index (κ1) is 17.1. The van der Waals surface area contributed by atoms with Gasteiger partial charge < -0.3 is 24.6 Å². The fraction of sp³-hybridized carbons (Fsp3) is 0.176. The largest absolute Gasteiger partial charge is 0.508 e. The Balaban J connectivity index is 1.93. The Labute approximate surface area is 138 Å². The summed E-state index contributed by atoms with van der Waals surface area (Å²) < 4.78 is 15.2. The smallest absolute Gasteiger partial charge is 0.338 e. The topological polar surface area (TPSA) is 94.1 Å².